The minimum Gasteiger partial charge on any atom is -0.365 e. The van der Waals surface area contributed by atoms with Crippen molar-refractivity contribution in [1.29, 1.82) is 0 Å². The Labute approximate surface area is 78.3 Å². The lowest BCUT2D eigenvalue weighted by Gasteiger charge is -2.11. The van der Waals surface area contributed by atoms with E-state index in [0.29, 0.717) is 0 Å². The van der Waals surface area contributed by atoms with Gasteiger partial charge in [0, 0.05) is 0 Å². The zero-order valence-electron chi connectivity index (χ0n) is 7.44. The van der Waals surface area contributed by atoms with Gasteiger partial charge in [-0.3, -0.25) is 0 Å². The van der Waals surface area contributed by atoms with Crippen molar-refractivity contribution in [2.24, 2.45) is 0 Å². The Morgan fingerprint density at radius 1 is 1.38 bits per heavy atom. The zero-order chi connectivity index (χ0) is 9.10. The van der Waals surface area contributed by atoms with Gasteiger partial charge in [0.2, 0.25) is 0 Å². The van der Waals surface area contributed by atoms with Gasteiger partial charge in [0.25, 0.3) is 0 Å². The Bertz CT molecular complexity index is 339. The highest BCUT2D eigenvalue weighted by Gasteiger charge is 2.13. The van der Waals surface area contributed by atoms with Crippen LogP contribution in [-0.2, 0) is 4.74 Å². The van der Waals surface area contributed by atoms with E-state index in [1.165, 1.54) is 5.56 Å². The lowest BCUT2D eigenvalue weighted by Crippen LogP contribution is -1.97. The molecule has 0 saturated carbocycles. The average molecular weight is 172 g/mol. The molecule has 1 atom stereocenters. The fraction of sp³-hybridized carbons (Fsp3) is 0.167. The van der Waals surface area contributed by atoms with Crippen molar-refractivity contribution in [2.75, 3.05) is 6.61 Å². The summed E-state index contributed by atoms with van der Waals surface area (Å²) in [7, 11) is 0. The predicted molar refractivity (Wildman–Crippen MR) is 54.4 cm³/mol. The molecule has 1 aromatic rings. The van der Waals surface area contributed by atoms with Crippen molar-refractivity contribution in [1.82, 2.24) is 0 Å². The third kappa shape index (κ3) is 1.56. The highest BCUT2D eigenvalue weighted by atomic mass is 16.5. The fourth-order valence-electron chi connectivity index (χ4n) is 1.54. The van der Waals surface area contributed by atoms with Gasteiger partial charge >= 0.3 is 0 Å². The molecule has 13 heavy (non-hydrogen) atoms. The van der Waals surface area contributed by atoms with Gasteiger partial charge in [-0.05, 0) is 11.1 Å². The summed E-state index contributed by atoms with van der Waals surface area (Å²) in [5.41, 5.74) is 2.35. The summed E-state index contributed by atoms with van der Waals surface area (Å²) in [4.78, 5) is 0. The first-order valence-corrected chi connectivity index (χ1v) is 4.41. The molecule has 0 amide bonds. The van der Waals surface area contributed by atoms with Crippen LogP contribution in [0.1, 0.15) is 17.2 Å². The van der Waals surface area contributed by atoms with Crippen LogP contribution in [0.2, 0.25) is 0 Å². The monoisotopic (exact) mass is 172 g/mol. The second kappa shape index (κ2) is 3.58. The topological polar surface area (TPSA) is 9.23 Å². The Morgan fingerprint density at radius 3 is 2.92 bits per heavy atom. The minimum atomic E-state index is 0.120. The maximum Gasteiger partial charge on any atom is 0.102 e. The van der Waals surface area contributed by atoms with Crippen LogP contribution >= 0.6 is 0 Å². The van der Waals surface area contributed by atoms with Crippen LogP contribution in [0.5, 0.6) is 0 Å². The highest BCUT2D eigenvalue weighted by molar-refractivity contribution is 5.53. The Morgan fingerprint density at radius 2 is 2.23 bits per heavy atom. The molecule has 1 aliphatic heterocycles. The first-order chi connectivity index (χ1) is 6.42. The van der Waals surface area contributed by atoms with Gasteiger partial charge in [-0.2, -0.15) is 0 Å². The summed E-state index contributed by atoms with van der Waals surface area (Å²) < 4.78 is 5.52. The van der Waals surface area contributed by atoms with E-state index in [-0.39, 0.29) is 6.10 Å². The van der Waals surface area contributed by atoms with E-state index in [1.807, 2.05) is 24.3 Å². The largest absolute Gasteiger partial charge is 0.365 e. The van der Waals surface area contributed by atoms with Gasteiger partial charge in [-0.15, -0.1) is 0 Å². The predicted octanol–water partition coefficient (Wildman–Crippen LogP) is 2.96. The van der Waals surface area contributed by atoms with Crippen molar-refractivity contribution in [3.05, 3.63) is 54.1 Å². The van der Waals surface area contributed by atoms with Crippen LogP contribution in [0, 0.1) is 0 Å². The van der Waals surface area contributed by atoms with E-state index in [9.17, 15) is 0 Å². The Hall–Kier alpha value is -1.34. The van der Waals surface area contributed by atoms with Gasteiger partial charge in [0.1, 0.15) is 6.10 Å². The van der Waals surface area contributed by atoms with Crippen LogP contribution in [0.25, 0.3) is 6.08 Å². The lowest BCUT2D eigenvalue weighted by molar-refractivity contribution is 0.129. The van der Waals surface area contributed by atoms with Crippen molar-refractivity contribution in [2.45, 2.75) is 6.10 Å². The molecule has 0 aliphatic carbocycles. The second-order valence-electron chi connectivity index (χ2n) is 3.02. The third-order valence-electron chi connectivity index (χ3n) is 2.21. The molecule has 1 unspecified atom stereocenters. The molecule has 0 fully saturated rings. The minimum absolute atomic E-state index is 0.120. The van der Waals surface area contributed by atoms with Gasteiger partial charge in [-0.25, -0.2) is 0 Å². The molecule has 66 valence electrons. The van der Waals surface area contributed by atoms with Crippen molar-refractivity contribution in [3.63, 3.8) is 0 Å². The van der Waals surface area contributed by atoms with Gasteiger partial charge in [-0.1, -0.05) is 49.1 Å². The smallest absolute Gasteiger partial charge is 0.102 e. The van der Waals surface area contributed by atoms with Crippen LogP contribution in [0.3, 0.4) is 0 Å². The highest BCUT2D eigenvalue weighted by Crippen LogP contribution is 2.26. The number of hydrogen-bond acceptors (Lipinski definition) is 1. The van der Waals surface area contributed by atoms with Crippen molar-refractivity contribution < 1.29 is 4.74 Å². The standard InChI is InChI=1S/C12H12O/c1-2-10-6-3-4-7-11(10)12-8-5-9-13-12/h2-8,12H,1,9H2. The molecule has 0 bridgehead atoms. The third-order valence-corrected chi connectivity index (χ3v) is 2.21. The molecule has 0 aromatic heterocycles. The first kappa shape index (κ1) is 8.27. The van der Waals surface area contributed by atoms with Crippen molar-refractivity contribution >= 4 is 6.08 Å². The Balaban J connectivity index is 2.37. The number of hydrogen-bond donors (Lipinski definition) is 0. The SMILES string of the molecule is C=Cc1ccccc1C1C=CCO1. The molecule has 1 nitrogen and oxygen atoms in total. The summed E-state index contributed by atoms with van der Waals surface area (Å²) in [5, 5.41) is 0. The van der Waals surface area contributed by atoms with Crippen molar-refractivity contribution in [3.8, 4) is 0 Å². The van der Waals surface area contributed by atoms with Gasteiger partial charge < -0.3 is 4.74 Å². The molecule has 0 saturated heterocycles. The normalized spacial score (nSPS) is 20.5. The Kier molecular flexibility index (Phi) is 2.28. The maximum atomic E-state index is 5.52. The lowest BCUT2D eigenvalue weighted by atomic mass is 10.0. The number of rotatable bonds is 2. The summed E-state index contributed by atoms with van der Waals surface area (Å²) in [6.45, 7) is 4.50. The molecule has 1 heteroatoms. The van der Waals surface area contributed by atoms with E-state index < -0.39 is 0 Å². The fourth-order valence-corrected chi connectivity index (χ4v) is 1.54. The maximum absolute atomic E-state index is 5.52. The summed E-state index contributed by atoms with van der Waals surface area (Å²) in [6, 6.07) is 8.17. The molecular weight excluding hydrogens is 160 g/mol. The van der Waals surface area contributed by atoms with E-state index in [1.54, 1.807) is 0 Å². The van der Waals surface area contributed by atoms with Gasteiger partial charge in [0.15, 0.2) is 0 Å². The average Bonchev–Trinajstić information content (AvgIpc) is 2.70. The van der Waals surface area contributed by atoms with E-state index in [2.05, 4.69) is 24.8 Å². The quantitative estimate of drug-likeness (QED) is 0.623. The molecule has 0 radical (unpaired) electrons. The van der Waals surface area contributed by atoms with E-state index in [4.69, 9.17) is 4.74 Å². The first-order valence-electron chi connectivity index (χ1n) is 4.41. The number of ether oxygens (including phenoxy) is 1. The van der Waals surface area contributed by atoms with Crippen LogP contribution < -0.4 is 0 Å². The summed E-state index contributed by atoms with van der Waals surface area (Å²) in [6.07, 6.45) is 6.12. The van der Waals surface area contributed by atoms with Crippen LogP contribution in [-0.4, -0.2) is 6.61 Å². The van der Waals surface area contributed by atoms with Gasteiger partial charge in [0.05, 0.1) is 6.61 Å². The molecule has 0 spiro atoms. The van der Waals surface area contributed by atoms with Crippen LogP contribution in [0.15, 0.2) is 43.0 Å². The zero-order valence-corrected chi connectivity index (χ0v) is 7.44. The molecule has 1 aliphatic rings. The number of benzene rings is 1. The summed E-state index contributed by atoms with van der Waals surface area (Å²) in [5.74, 6) is 0. The molecule has 0 N–H and O–H groups in total. The summed E-state index contributed by atoms with van der Waals surface area (Å²) >= 11 is 0. The molecule has 2 rings (SSSR count). The van der Waals surface area contributed by atoms with E-state index in [0.717, 1.165) is 12.2 Å². The van der Waals surface area contributed by atoms with Crippen LogP contribution in [0.4, 0.5) is 0 Å². The van der Waals surface area contributed by atoms with E-state index >= 15 is 0 Å². The molecule has 1 heterocycles. The second-order valence-corrected chi connectivity index (χ2v) is 3.02. The molecular formula is C12H12O. The molecule has 1 aromatic carbocycles.